The molecular formula is C19H16N2O2S. The van der Waals surface area contributed by atoms with Gasteiger partial charge in [0, 0.05) is 29.2 Å². The maximum atomic E-state index is 12.8. The predicted octanol–water partition coefficient (Wildman–Crippen LogP) is 4.60. The zero-order valence-corrected chi connectivity index (χ0v) is 14.3. The molecule has 0 spiro atoms. The molecule has 0 amide bonds. The first-order chi connectivity index (χ1) is 11.6. The minimum Gasteiger partial charge on any atom is -0.431 e. The molecule has 5 heteroatoms. The van der Waals surface area contributed by atoms with Gasteiger partial charge in [-0.15, -0.1) is 0 Å². The third-order valence-electron chi connectivity index (χ3n) is 4.28. The fourth-order valence-corrected chi connectivity index (χ4v) is 3.70. The van der Waals surface area contributed by atoms with E-state index in [4.69, 9.17) is 4.42 Å². The van der Waals surface area contributed by atoms with Crippen molar-refractivity contribution >= 4 is 39.5 Å². The number of carbonyl (C=O) groups excluding carboxylic acids is 1. The van der Waals surface area contributed by atoms with Gasteiger partial charge in [0.25, 0.3) is 5.22 Å². The Morgan fingerprint density at radius 1 is 1.17 bits per heavy atom. The zero-order chi connectivity index (χ0) is 16.7. The molecule has 0 fully saturated rings. The van der Waals surface area contributed by atoms with Crippen LogP contribution in [-0.2, 0) is 7.05 Å². The number of nitrogens with zero attached hydrogens (tertiary/aromatic N) is 2. The van der Waals surface area contributed by atoms with E-state index in [0.717, 1.165) is 33.3 Å². The van der Waals surface area contributed by atoms with E-state index in [1.807, 2.05) is 62.5 Å². The summed E-state index contributed by atoms with van der Waals surface area (Å²) in [5.41, 5.74) is 4.41. The van der Waals surface area contributed by atoms with Crippen LogP contribution in [0.25, 0.3) is 22.0 Å². The minimum atomic E-state index is 0.0940. The van der Waals surface area contributed by atoms with Gasteiger partial charge in [-0.2, -0.15) is 0 Å². The number of para-hydroxylation sites is 3. The Morgan fingerprint density at radius 3 is 2.75 bits per heavy atom. The van der Waals surface area contributed by atoms with E-state index in [1.165, 1.54) is 11.8 Å². The van der Waals surface area contributed by atoms with Crippen LogP contribution in [0.3, 0.4) is 0 Å². The van der Waals surface area contributed by atoms with Gasteiger partial charge >= 0.3 is 0 Å². The SMILES string of the molecule is Cc1c(C(=O)CSc2nc3ccccc3o2)c2ccccc2n1C. The molecule has 0 saturated carbocycles. The summed E-state index contributed by atoms with van der Waals surface area (Å²) in [7, 11) is 1.99. The summed E-state index contributed by atoms with van der Waals surface area (Å²) in [5, 5.41) is 1.53. The number of hydrogen-bond acceptors (Lipinski definition) is 4. The van der Waals surface area contributed by atoms with Crippen molar-refractivity contribution in [3.8, 4) is 0 Å². The Kier molecular flexibility index (Phi) is 3.65. The predicted molar refractivity (Wildman–Crippen MR) is 96.7 cm³/mol. The average Bonchev–Trinajstić information content (AvgIpc) is 3.13. The lowest BCUT2D eigenvalue weighted by molar-refractivity contribution is 0.102. The molecular weight excluding hydrogens is 320 g/mol. The Hall–Kier alpha value is -2.53. The fourth-order valence-electron chi connectivity index (χ4n) is 2.99. The summed E-state index contributed by atoms with van der Waals surface area (Å²) in [6.07, 6.45) is 0. The highest BCUT2D eigenvalue weighted by molar-refractivity contribution is 7.99. The molecule has 0 aliphatic carbocycles. The number of hydrogen-bond donors (Lipinski definition) is 0. The first kappa shape index (κ1) is 15.0. The molecule has 0 bridgehead atoms. The number of benzene rings is 2. The van der Waals surface area contributed by atoms with Gasteiger partial charge in [0.1, 0.15) is 5.52 Å². The number of aromatic nitrogens is 2. The lowest BCUT2D eigenvalue weighted by Gasteiger charge is -2.01. The van der Waals surface area contributed by atoms with E-state index in [0.29, 0.717) is 11.0 Å². The number of thioether (sulfide) groups is 1. The summed E-state index contributed by atoms with van der Waals surface area (Å²) in [6, 6.07) is 15.6. The molecule has 0 atom stereocenters. The highest BCUT2D eigenvalue weighted by atomic mass is 32.2. The lowest BCUT2D eigenvalue weighted by atomic mass is 10.1. The highest BCUT2D eigenvalue weighted by Crippen LogP contribution is 2.28. The number of ketones is 1. The van der Waals surface area contributed by atoms with Crippen molar-refractivity contribution in [2.24, 2.45) is 7.05 Å². The molecule has 4 nitrogen and oxygen atoms in total. The van der Waals surface area contributed by atoms with Gasteiger partial charge in [-0.3, -0.25) is 4.79 Å². The van der Waals surface area contributed by atoms with Crippen LogP contribution >= 0.6 is 11.8 Å². The van der Waals surface area contributed by atoms with E-state index in [2.05, 4.69) is 9.55 Å². The fraction of sp³-hybridized carbons (Fsp3) is 0.158. The molecule has 0 saturated heterocycles. The monoisotopic (exact) mass is 336 g/mol. The minimum absolute atomic E-state index is 0.0940. The molecule has 24 heavy (non-hydrogen) atoms. The van der Waals surface area contributed by atoms with Crippen molar-refractivity contribution < 1.29 is 9.21 Å². The van der Waals surface area contributed by atoms with Crippen LogP contribution < -0.4 is 0 Å². The molecule has 4 rings (SSSR count). The molecule has 2 aromatic heterocycles. The largest absolute Gasteiger partial charge is 0.431 e. The second-order valence-electron chi connectivity index (χ2n) is 5.70. The van der Waals surface area contributed by atoms with Crippen LogP contribution in [0.1, 0.15) is 16.1 Å². The van der Waals surface area contributed by atoms with E-state index >= 15 is 0 Å². The summed E-state index contributed by atoms with van der Waals surface area (Å²) >= 11 is 1.34. The molecule has 2 aromatic carbocycles. The number of rotatable bonds is 4. The summed E-state index contributed by atoms with van der Waals surface area (Å²) in [4.78, 5) is 17.2. The number of oxazole rings is 1. The molecule has 120 valence electrons. The highest BCUT2D eigenvalue weighted by Gasteiger charge is 2.19. The zero-order valence-electron chi connectivity index (χ0n) is 13.4. The van der Waals surface area contributed by atoms with Gasteiger partial charge in [-0.25, -0.2) is 4.98 Å². The van der Waals surface area contributed by atoms with Crippen molar-refractivity contribution in [1.82, 2.24) is 9.55 Å². The van der Waals surface area contributed by atoms with Gasteiger partial charge in [-0.1, -0.05) is 42.1 Å². The molecule has 0 unspecified atom stereocenters. The summed E-state index contributed by atoms with van der Waals surface area (Å²) in [6.45, 7) is 1.98. The van der Waals surface area contributed by atoms with Crippen LogP contribution in [-0.4, -0.2) is 21.1 Å². The molecule has 0 aliphatic heterocycles. The van der Waals surface area contributed by atoms with Gasteiger partial charge in [-0.05, 0) is 25.1 Å². The first-order valence-electron chi connectivity index (χ1n) is 7.71. The molecule has 2 heterocycles. The van der Waals surface area contributed by atoms with Crippen LogP contribution in [0.4, 0.5) is 0 Å². The molecule has 0 aliphatic rings. The normalized spacial score (nSPS) is 11.4. The summed E-state index contributed by atoms with van der Waals surface area (Å²) < 4.78 is 7.73. The maximum Gasteiger partial charge on any atom is 0.257 e. The van der Waals surface area contributed by atoms with Crippen LogP contribution in [0.15, 0.2) is 58.2 Å². The third kappa shape index (κ3) is 2.41. The van der Waals surface area contributed by atoms with Gasteiger partial charge in [0.2, 0.25) is 0 Å². The van der Waals surface area contributed by atoms with Gasteiger partial charge in [0.15, 0.2) is 11.4 Å². The van der Waals surface area contributed by atoms with Crippen molar-refractivity contribution in [3.63, 3.8) is 0 Å². The number of fused-ring (bicyclic) bond motifs is 2. The maximum absolute atomic E-state index is 12.8. The molecule has 0 N–H and O–H groups in total. The topological polar surface area (TPSA) is 48.0 Å². The second-order valence-corrected chi connectivity index (χ2v) is 6.62. The number of Topliss-reactive ketones (excluding diaryl/α,β-unsaturated/α-hetero) is 1. The van der Waals surface area contributed by atoms with Crippen LogP contribution in [0.5, 0.6) is 0 Å². The summed E-state index contributed by atoms with van der Waals surface area (Å²) in [5.74, 6) is 0.401. The smallest absolute Gasteiger partial charge is 0.257 e. The van der Waals surface area contributed by atoms with Crippen molar-refractivity contribution in [3.05, 3.63) is 59.8 Å². The third-order valence-corrected chi connectivity index (χ3v) is 5.11. The Morgan fingerprint density at radius 2 is 1.92 bits per heavy atom. The molecule has 0 radical (unpaired) electrons. The number of aryl methyl sites for hydroxylation is 1. The van der Waals surface area contributed by atoms with Crippen LogP contribution in [0, 0.1) is 6.92 Å². The van der Waals surface area contributed by atoms with Crippen LogP contribution in [0.2, 0.25) is 0 Å². The van der Waals surface area contributed by atoms with Gasteiger partial charge < -0.3 is 8.98 Å². The van der Waals surface area contributed by atoms with Crippen molar-refractivity contribution in [2.75, 3.05) is 5.75 Å². The van der Waals surface area contributed by atoms with Crippen molar-refractivity contribution in [1.29, 1.82) is 0 Å². The average molecular weight is 336 g/mol. The van der Waals surface area contributed by atoms with E-state index in [1.54, 1.807) is 0 Å². The Labute approximate surface area is 143 Å². The first-order valence-corrected chi connectivity index (χ1v) is 8.69. The Bertz CT molecular complexity index is 1030. The lowest BCUT2D eigenvalue weighted by Crippen LogP contribution is -2.04. The van der Waals surface area contributed by atoms with E-state index in [9.17, 15) is 4.79 Å². The van der Waals surface area contributed by atoms with Crippen molar-refractivity contribution in [2.45, 2.75) is 12.1 Å². The standard InChI is InChI=1S/C19H16N2O2S/c1-12-18(13-7-3-5-9-15(13)21(12)2)16(22)11-24-19-20-14-8-4-6-10-17(14)23-19/h3-10H,11H2,1-2H3. The van der Waals surface area contributed by atoms with E-state index < -0.39 is 0 Å². The second kappa shape index (κ2) is 5.83. The Balaban J connectivity index is 1.62. The molecule has 4 aromatic rings. The quantitative estimate of drug-likeness (QED) is 0.403. The van der Waals surface area contributed by atoms with E-state index in [-0.39, 0.29) is 5.78 Å². The van der Waals surface area contributed by atoms with Gasteiger partial charge in [0.05, 0.1) is 5.75 Å². The number of carbonyl (C=O) groups is 1.